The van der Waals surface area contributed by atoms with Gasteiger partial charge in [-0.1, -0.05) is 6.07 Å². The number of piperidine rings is 1. The van der Waals surface area contributed by atoms with Gasteiger partial charge >= 0.3 is 0 Å². The molecule has 28 heavy (non-hydrogen) atoms. The van der Waals surface area contributed by atoms with E-state index in [0.29, 0.717) is 18.2 Å². The van der Waals surface area contributed by atoms with E-state index in [1.807, 2.05) is 31.5 Å². The summed E-state index contributed by atoms with van der Waals surface area (Å²) in [7, 11) is 1.83. The topological polar surface area (TPSA) is 76.2 Å². The number of rotatable bonds is 6. The quantitative estimate of drug-likeness (QED) is 0.689. The van der Waals surface area contributed by atoms with Gasteiger partial charge in [-0.25, -0.2) is 9.97 Å². The summed E-state index contributed by atoms with van der Waals surface area (Å²) in [5.74, 6) is 2.07. The van der Waals surface area contributed by atoms with E-state index in [1.54, 1.807) is 28.4 Å². The summed E-state index contributed by atoms with van der Waals surface area (Å²) in [6.07, 6.45) is 5.38. The predicted octanol–water partition coefficient (Wildman–Crippen LogP) is 3.09. The van der Waals surface area contributed by atoms with Gasteiger partial charge in [0.15, 0.2) is 0 Å². The summed E-state index contributed by atoms with van der Waals surface area (Å²) in [6, 6.07) is 4.04. The van der Waals surface area contributed by atoms with Crippen molar-refractivity contribution in [3.63, 3.8) is 0 Å². The van der Waals surface area contributed by atoms with Gasteiger partial charge in [0.2, 0.25) is 5.89 Å². The number of carbonyl (C=O) groups excluding carboxylic acids is 1. The molecule has 0 unspecified atom stereocenters. The van der Waals surface area contributed by atoms with Crippen molar-refractivity contribution >= 4 is 17.2 Å². The molecular formula is C20H25N5O2S. The lowest BCUT2D eigenvalue weighted by Gasteiger charge is -2.31. The minimum Gasteiger partial charge on any atom is -0.440 e. The molecule has 0 radical (unpaired) electrons. The molecule has 0 aromatic carbocycles. The third-order valence-corrected chi connectivity index (χ3v) is 6.16. The van der Waals surface area contributed by atoms with Gasteiger partial charge in [-0.05, 0) is 50.2 Å². The number of amides is 1. The molecule has 1 aliphatic heterocycles. The average Bonchev–Trinajstić information content (AvgIpc) is 3.43. The Kier molecular flexibility index (Phi) is 5.59. The van der Waals surface area contributed by atoms with E-state index in [-0.39, 0.29) is 5.91 Å². The summed E-state index contributed by atoms with van der Waals surface area (Å²) in [5.41, 5.74) is 1.62. The zero-order valence-electron chi connectivity index (χ0n) is 16.2. The lowest BCUT2D eigenvalue weighted by molar-refractivity contribution is 0.0927. The number of hydrogen-bond acceptors (Lipinski definition) is 6. The van der Waals surface area contributed by atoms with E-state index in [0.717, 1.165) is 54.7 Å². The first-order valence-electron chi connectivity index (χ1n) is 9.57. The van der Waals surface area contributed by atoms with Crippen LogP contribution in [0.15, 0.2) is 34.5 Å². The molecule has 3 aromatic heterocycles. The molecular weight excluding hydrogens is 374 g/mol. The van der Waals surface area contributed by atoms with Crippen molar-refractivity contribution in [2.24, 2.45) is 13.0 Å². The summed E-state index contributed by atoms with van der Waals surface area (Å²) in [4.78, 5) is 24.4. The van der Waals surface area contributed by atoms with Crippen LogP contribution in [0.2, 0.25) is 0 Å². The van der Waals surface area contributed by atoms with E-state index in [1.165, 1.54) is 0 Å². The Morgan fingerprint density at radius 1 is 1.39 bits per heavy atom. The molecule has 4 rings (SSSR count). The fraction of sp³-hybridized carbons (Fsp3) is 0.450. The highest BCUT2D eigenvalue weighted by Crippen LogP contribution is 2.27. The molecule has 1 fully saturated rings. The fourth-order valence-electron chi connectivity index (χ4n) is 3.54. The Morgan fingerprint density at radius 2 is 2.21 bits per heavy atom. The second kappa shape index (κ2) is 8.28. The van der Waals surface area contributed by atoms with Gasteiger partial charge in [-0.15, -0.1) is 11.3 Å². The minimum atomic E-state index is -0.0539. The van der Waals surface area contributed by atoms with Gasteiger partial charge in [0.1, 0.15) is 11.5 Å². The summed E-state index contributed by atoms with van der Waals surface area (Å²) < 4.78 is 7.59. The summed E-state index contributed by atoms with van der Waals surface area (Å²) >= 11 is 1.64. The van der Waals surface area contributed by atoms with E-state index in [4.69, 9.17) is 9.40 Å². The molecule has 1 saturated heterocycles. The van der Waals surface area contributed by atoms with Crippen LogP contribution in [-0.2, 0) is 13.6 Å². The first-order valence-corrected chi connectivity index (χ1v) is 10.4. The number of aromatic nitrogens is 3. The lowest BCUT2D eigenvalue weighted by atomic mass is 9.96. The first-order chi connectivity index (χ1) is 13.6. The van der Waals surface area contributed by atoms with Crippen LogP contribution in [0.4, 0.5) is 0 Å². The number of oxazole rings is 1. The Labute approximate surface area is 168 Å². The monoisotopic (exact) mass is 399 g/mol. The lowest BCUT2D eigenvalue weighted by Crippen LogP contribution is -2.38. The average molecular weight is 400 g/mol. The van der Waals surface area contributed by atoms with Crippen LogP contribution in [0.3, 0.4) is 0 Å². The van der Waals surface area contributed by atoms with Gasteiger partial charge in [0.05, 0.1) is 23.1 Å². The number of nitrogens with one attached hydrogen (secondary N) is 1. The van der Waals surface area contributed by atoms with Crippen LogP contribution in [0.1, 0.15) is 34.8 Å². The number of thiophene rings is 1. The van der Waals surface area contributed by atoms with E-state index >= 15 is 0 Å². The highest BCUT2D eigenvalue weighted by atomic mass is 32.1. The molecule has 0 atom stereocenters. The number of hydrogen-bond donors (Lipinski definition) is 1. The maximum absolute atomic E-state index is 12.2. The Morgan fingerprint density at radius 3 is 2.89 bits per heavy atom. The van der Waals surface area contributed by atoms with Crippen LogP contribution in [0, 0.1) is 12.8 Å². The van der Waals surface area contributed by atoms with Gasteiger partial charge in [0, 0.05) is 20.1 Å². The smallest absolute Gasteiger partial charge is 0.269 e. The SMILES string of the molecule is Cc1oc(-c2cccs2)nc1CN1CCC(CNC(=O)c2cncn2C)CC1. The fourth-order valence-corrected chi connectivity index (χ4v) is 4.19. The highest BCUT2D eigenvalue weighted by molar-refractivity contribution is 7.13. The standard InChI is InChI=1S/C20H25N5O2S/c1-14-16(23-20(27-14)18-4-3-9-28-18)12-25-7-5-15(6-8-25)10-22-19(26)17-11-21-13-24(17)2/h3-4,9,11,13,15H,5-8,10,12H2,1-2H3,(H,22,26). The third kappa shape index (κ3) is 4.18. The zero-order valence-corrected chi connectivity index (χ0v) is 17.0. The van der Waals surface area contributed by atoms with Crippen molar-refractivity contribution in [3.05, 3.63) is 47.2 Å². The Balaban J connectivity index is 1.26. The number of likely N-dealkylation sites (tertiary alicyclic amines) is 1. The third-order valence-electron chi connectivity index (χ3n) is 5.31. The maximum Gasteiger partial charge on any atom is 0.269 e. The van der Waals surface area contributed by atoms with Crippen molar-refractivity contribution in [3.8, 4) is 10.8 Å². The van der Waals surface area contributed by atoms with Crippen LogP contribution < -0.4 is 5.32 Å². The van der Waals surface area contributed by atoms with Crippen molar-refractivity contribution in [2.45, 2.75) is 26.3 Å². The van der Waals surface area contributed by atoms with E-state index in [9.17, 15) is 4.79 Å². The van der Waals surface area contributed by atoms with Gasteiger partial charge < -0.3 is 14.3 Å². The zero-order chi connectivity index (χ0) is 19.5. The highest BCUT2D eigenvalue weighted by Gasteiger charge is 2.22. The van der Waals surface area contributed by atoms with Gasteiger partial charge in [-0.3, -0.25) is 9.69 Å². The number of aryl methyl sites for hydroxylation is 2. The molecule has 148 valence electrons. The minimum absolute atomic E-state index is 0.0539. The molecule has 8 heteroatoms. The summed E-state index contributed by atoms with van der Waals surface area (Å²) in [5, 5.41) is 5.08. The molecule has 7 nitrogen and oxygen atoms in total. The second-order valence-electron chi connectivity index (χ2n) is 7.32. The van der Waals surface area contributed by atoms with Crippen LogP contribution >= 0.6 is 11.3 Å². The first kappa shape index (κ1) is 18.9. The van der Waals surface area contributed by atoms with Crippen molar-refractivity contribution in [2.75, 3.05) is 19.6 Å². The largest absolute Gasteiger partial charge is 0.440 e. The number of imidazole rings is 1. The van der Waals surface area contributed by atoms with Gasteiger partial charge in [-0.2, -0.15) is 0 Å². The van der Waals surface area contributed by atoms with Crippen molar-refractivity contribution < 1.29 is 9.21 Å². The molecule has 0 aliphatic carbocycles. The van der Waals surface area contributed by atoms with Crippen LogP contribution in [0.5, 0.6) is 0 Å². The van der Waals surface area contributed by atoms with E-state index in [2.05, 4.69) is 15.2 Å². The predicted molar refractivity (Wildman–Crippen MR) is 108 cm³/mol. The van der Waals surface area contributed by atoms with Crippen molar-refractivity contribution in [1.29, 1.82) is 0 Å². The molecule has 0 saturated carbocycles. The molecule has 4 heterocycles. The normalized spacial score (nSPS) is 15.8. The molecule has 0 spiro atoms. The molecule has 3 aromatic rings. The molecule has 1 amide bonds. The molecule has 1 N–H and O–H groups in total. The Bertz CT molecular complexity index is 922. The van der Waals surface area contributed by atoms with Crippen molar-refractivity contribution in [1.82, 2.24) is 24.8 Å². The molecule has 1 aliphatic rings. The summed E-state index contributed by atoms with van der Waals surface area (Å²) in [6.45, 7) is 5.53. The number of nitrogens with zero attached hydrogens (tertiary/aromatic N) is 4. The number of carbonyl (C=O) groups is 1. The van der Waals surface area contributed by atoms with Crippen LogP contribution in [-0.4, -0.2) is 45.0 Å². The van der Waals surface area contributed by atoms with Crippen LogP contribution in [0.25, 0.3) is 10.8 Å². The second-order valence-corrected chi connectivity index (χ2v) is 8.27. The van der Waals surface area contributed by atoms with Gasteiger partial charge in [0.25, 0.3) is 5.91 Å². The Hall–Kier alpha value is -2.45. The van der Waals surface area contributed by atoms with E-state index < -0.39 is 0 Å². The maximum atomic E-state index is 12.2. The molecule has 0 bridgehead atoms.